The molecule has 0 spiro atoms. The minimum absolute atomic E-state index is 0.000521. The molecule has 0 aromatic heterocycles. The Balaban J connectivity index is 2.08. The van der Waals surface area contributed by atoms with Gasteiger partial charge in [0.25, 0.3) is 0 Å². The van der Waals surface area contributed by atoms with Crippen LogP contribution in [0.4, 0.5) is 5.69 Å². The highest BCUT2D eigenvalue weighted by atomic mass is 35.5. The predicted octanol–water partition coefficient (Wildman–Crippen LogP) is 5.16. The third-order valence-electron chi connectivity index (χ3n) is 4.06. The molecule has 8 heteroatoms. The van der Waals surface area contributed by atoms with Crippen molar-refractivity contribution in [2.75, 3.05) is 21.3 Å². The zero-order valence-electron chi connectivity index (χ0n) is 15.9. The number of carbonyl (C=O) groups excluding carboxylic acids is 1. The lowest BCUT2D eigenvalue weighted by atomic mass is 10.1. The molecule has 0 aliphatic carbocycles. The second kappa shape index (κ2) is 9.07. The lowest BCUT2D eigenvalue weighted by molar-refractivity contribution is -0.135. The van der Waals surface area contributed by atoms with Gasteiger partial charge >= 0.3 is 5.97 Å². The number of methoxy groups -OCH3 is 3. The Labute approximate surface area is 177 Å². The van der Waals surface area contributed by atoms with Crippen molar-refractivity contribution in [3.8, 4) is 11.5 Å². The quantitative estimate of drug-likeness (QED) is 0.659. The molecule has 2 aromatic carbocycles. The fraction of sp³-hybridized carbons (Fsp3) is 0.143. The zero-order chi connectivity index (χ0) is 21.0. The molecule has 150 valence electrons. The minimum atomic E-state index is -0.677. The number of aliphatic hydroxyl groups excluding tert-OH is 1. The van der Waals surface area contributed by atoms with E-state index in [2.05, 4.69) is 4.99 Å². The standard InChI is InChI=1S/C21H18ClNO5S/c1-26-15-6-4-5-12(19(15)27-2)11-16-18(24)17(21(25)28-3)20(29-16)23-14-9-7-13(22)8-10-14/h4-11,24H,1-3H3. The van der Waals surface area contributed by atoms with Crippen LogP contribution in [0.3, 0.4) is 0 Å². The first-order valence-corrected chi connectivity index (χ1v) is 9.65. The van der Waals surface area contributed by atoms with Gasteiger partial charge in [-0.25, -0.2) is 9.79 Å². The normalized spacial score (nSPS) is 16.4. The lowest BCUT2D eigenvalue weighted by Crippen LogP contribution is -2.10. The van der Waals surface area contributed by atoms with Gasteiger partial charge in [-0.15, -0.1) is 0 Å². The monoisotopic (exact) mass is 431 g/mol. The van der Waals surface area contributed by atoms with Crippen molar-refractivity contribution in [3.05, 3.63) is 69.3 Å². The molecule has 1 aliphatic rings. The number of carbonyl (C=O) groups is 1. The fourth-order valence-corrected chi connectivity index (χ4v) is 3.84. The van der Waals surface area contributed by atoms with Gasteiger partial charge in [0.2, 0.25) is 0 Å². The highest BCUT2D eigenvalue weighted by Gasteiger charge is 2.33. The van der Waals surface area contributed by atoms with E-state index < -0.39 is 5.97 Å². The summed E-state index contributed by atoms with van der Waals surface area (Å²) >= 11 is 7.07. The summed E-state index contributed by atoms with van der Waals surface area (Å²) in [5.74, 6) is 0.179. The number of aliphatic imine (C=N–C) groups is 1. The molecular weight excluding hydrogens is 414 g/mol. The first-order valence-electron chi connectivity index (χ1n) is 8.45. The third kappa shape index (κ3) is 4.41. The number of para-hydroxylation sites is 1. The average molecular weight is 432 g/mol. The van der Waals surface area contributed by atoms with Crippen LogP contribution in [-0.4, -0.2) is 37.4 Å². The number of halogens is 1. The van der Waals surface area contributed by atoms with Crippen LogP contribution in [0.25, 0.3) is 6.08 Å². The summed E-state index contributed by atoms with van der Waals surface area (Å²) < 4.78 is 15.6. The molecule has 1 aliphatic heterocycles. The summed E-state index contributed by atoms with van der Waals surface area (Å²) in [6, 6.07) is 12.2. The second-order valence-corrected chi connectivity index (χ2v) is 7.27. The molecule has 29 heavy (non-hydrogen) atoms. The Kier molecular flexibility index (Phi) is 6.51. The van der Waals surface area contributed by atoms with Crippen molar-refractivity contribution >= 4 is 46.1 Å². The van der Waals surface area contributed by atoms with E-state index >= 15 is 0 Å². The summed E-state index contributed by atoms with van der Waals surface area (Å²) in [6.45, 7) is 0. The van der Waals surface area contributed by atoms with Crippen LogP contribution in [0.1, 0.15) is 5.56 Å². The lowest BCUT2D eigenvalue weighted by Gasteiger charge is -2.10. The van der Waals surface area contributed by atoms with Crippen molar-refractivity contribution in [1.82, 2.24) is 0 Å². The molecule has 3 rings (SSSR count). The Hall–Kier alpha value is -2.90. The van der Waals surface area contributed by atoms with Gasteiger partial charge in [0.05, 0.1) is 31.9 Å². The molecule has 0 amide bonds. The smallest absolute Gasteiger partial charge is 0.344 e. The maximum atomic E-state index is 12.3. The van der Waals surface area contributed by atoms with Crippen molar-refractivity contribution in [1.29, 1.82) is 0 Å². The molecule has 0 atom stereocenters. The van der Waals surface area contributed by atoms with Crippen LogP contribution in [0, 0.1) is 0 Å². The SMILES string of the molecule is COC(=O)C1=C(O)C(=Cc2cccc(OC)c2OC)SC1=Nc1ccc(Cl)cc1. The molecule has 0 unspecified atom stereocenters. The van der Waals surface area contributed by atoms with E-state index in [1.54, 1.807) is 49.6 Å². The predicted molar refractivity (Wildman–Crippen MR) is 115 cm³/mol. The Morgan fingerprint density at radius 2 is 1.83 bits per heavy atom. The first kappa shape index (κ1) is 20.8. The van der Waals surface area contributed by atoms with E-state index in [1.807, 2.05) is 6.07 Å². The largest absolute Gasteiger partial charge is 0.506 e. The van der Waals surface area contributed by atoms with Crippen LogP contribution >= 0.6 is 23.4 Å². The number of benzene rings is 2. The molecule has 0 bridgehead atoms. The van der Waals surface area contributed by atoms with E-state index in [9.17, 15) is 9.90 Å². The maximum absolute atomic E-state index is 12.3. The molecule has 0 fully saturated rings. The number of hydrogen-bond acceptors (Lipinski definition) is 7. The summed E-state index contributed by atoms with van der Waals surface area (Å²) in [7, 11) is 4.33. The molecule has 0 saturated carbocycles. The molecule has 0 radical (unpaired) electrons. The van der Waals surface area contributed by atoms with Crippen LogP contribution in [0.2, 0.25) is 5.02 Å². The van der Waals surface area contributed by atoms with Crippen molar-refractivity contribution < 1.29 is 24.1 Å². The molecule has 2 aromatic rings. The maximum Gasteiger partial charge on any atom is 0.344 e. The van der Waals surface area contributed by atoms with Gasteiger partial charge in [0, 0.05) is 10.6 Å². The number of ether oxygens (including phenoxy) is 3. The number of nitrogens with zero attached hydrogens (tertiary/aromatic N) is 1. The Morgan fingerprint density at radius 1 is 1.10 bits per heavy atom. The van der Waals surface area contributed by atoms with E-state index in [1.165, 1.54) is 14.2 Å². The van der Waals surface area contributed by atoms with E-state index in [0.29, 0.717) is 37.7 Å². The van der Waals surface area contributed by atoms with E-state index in [0.717, 1.165) is 11.8 Å². The van der Waals surface area contributed by atoms with Gasteiger partial charge in [-0.3, -0.25) is 0 Å². The second-order valence-electron chi connectivity index (χ2n) is 5.80. The van der Waals surface area contributed by atoms with E-state index in [-0.39, 0.29) is 11.3 Å². The first-order chi connectivity index (χ1) is 14.0. The van der Waals surface area contributed by atoms with Crippen LogP contribution in [-0.2, 0) is 9.53 Å². The van der Waals surface area contributed by atoms with Gasteiger partial charge < -0.3 is 19.3 Å². The van der Waals surface area contributed by atoms with Gasteiger partial charge in [-0.2, -0.15) is 0 Å². The Morgan fingerprint density at radius 3 is 2.45 bits per heavy atom. The molecule has 1 N–H and O–H groups in total. The van der Waals surface area contributed by atoms with Gasteiger partial charge in [0.1, 0.15) is 16.4 Å². The number of hydrogen-bond donors (Lipinski definition) is 1. The summed E-state index contributed by atoms with van der Waals surface area (Å²) in [6.07, 6.45) is 1.70. The number of esters is 1. The summed E-state index contributed by atoms with van der Waals surface area (Å²) in [5, 5.41) is 11.6. The van der Waals surface area contributed by atoms with Crippen molar-refractivity contribution in [3.63, 3.8) is 0 Å². The average Bonchev–Trinajstić information content (AvgIpc) is 3.03. The number of rotatable bonds is 5. The Bertz CT molecular complexity index is 1030. The van der Waals surface area contributed by atoms with Gasteiger partial charge in [0.15, 0.2) is 11.5 Å². The topological polar surface area (TPSA) is 77.4 Å². The third-order valence-corrected chi connectivity index (χ3v) is 5.33. The summed E-state index contributed by atoms with van der Waals surface area (Å²) in [4.78, 5) is 17.2. The highest BCUT2D eigenvalue weighted by Crippen LogP contribution is 2.42. The fourth-order valence-electron chi connectivity index (χ4n) is 2.69. The number of aliphatic hydroxyl groups is 1. The molecule has 1 heterocycles. The van der Waals surface area contributed by atoms with E-state index in [4.69, 9.17) is 25.8 Å². The van der Waals surface area contributed by atoms with Crippen LogP contribution < -0.4 is 9.47 Å². The van der Waals surface area contributed by atoms with Crippen molar-refractivity contribution in [2.24, 2.45) is 4.99 Å². The van der Waals surface area contributed by atoms with Crippen LogP contribution in [0.15, 0.2) is 63.7 Å². The van der Waals surface area contributed by atoms with Gasteiger partial charge in [-0.1, -0.05) is 35.5 Å². The summed E-state index contributed by atoms with van der Waals surface area (Å²) in [5.41, 5.74) is 1.27. The molecule has 6 nitrogen and oxygen atoms in total. The van der Waals surface area contributed by atoms with Crippen molar-refractivity contribution in [2.45, 2.75) is 0 Å². The van der Waals surface area contributed by atoms with Crippen LogP contribution in [0.5, 0.6) is 11.5 Å². The minimum Gasteiger partial charge on any atom is -0.506 e. The molecule has 0 saturated heterocycles. The number of thioether (sulfide) groups is 1. The highest BCUT2D eigenvalue weighted by molar-refractivity contribution is 8.18. The zero-order valence-corrected chi connectivity index (χ0v) is 17.5. The molecular formula is C21H18ClNO5S. The van der Waals surface area contributed by atoms with Gasteiger partial charge in [-0.05, 0) is 36.4 Å².